The van der Waals surface area contributed by atoms with Crippen LogP contribution in [0.2, 0.25) is 0 Å². The summed E-state index contributed by atoms with van der Waals surface area (Å²) >= 11 is 0. The van der Waals surface area contributed by atoms with Gasteiger partial charge in [-0.15, -0.1) is 0 Å². The molecule has 0 saturated carbocycles. The zero-order valence-electron chi connectivity index (χ0n) is 12.0. The normalized spacial score (nSPS) is 11.9. The molecule has 2 heterocycles. The van der Waals surface area contributed by atoms with Crippen molar-refractivity contribution in [2.24, 2.45) is 0 Å². The van der Waals surface area contributed by atoms with Gasteiger partial charge in [0.25, 0.3) is 0 Å². The van der Waals surface area contributed by atoms with E-state index in [0.29, 0.717) is 33.2 Å². The Bertz CT molecular complexity index is 1190. The quantitative estimate of drug-likeness (QED) is 0.467. The van der Waals surface area contributed by atoms with Crippen molar-refractivity contribution in [2.45, 2.75) is 0 Å². The van der Waals surface area contributed by atoms with Gasteiger partial charge in [-0.05, 0) is 18.2 Å². The minimum absolute atomic E-state index is 0.346. The van der Waals surface area contributed by atoms with Gasteiger partial charge in [-0.1, -0.05) is 36.4 Å². The van der Waals surface area contributed by atoms with Gasteiger partial charge < -0.3 is 18.9 Å². The van der Waals surface area contributed by atoms with Crippen molar-refractivity contribution >= 4 is 56.5 Å². The smallest absolute Gasteiger partial charge is 0.456 e. The first-order valence-electron chi connectivity index (χ1n) is 7.35. The van der Waals surface area contributed by atoms with Crippen LogP contribution in [0.3, 0.4) is 0 Å². The van der Waals surface area contributed by atoms with E-state index in [1.54, 1.807) is 0 Å². The molecule has 0 aliphatic carbocycles. The van der Waals surface area contributed by atoms with E-state index < -0.39 is 7.12 Å². The molecule has 23 heavy (non-hydrogen) atoms. The van der Waals surface area contributed by atoms with E-state index in [1.165, 1.54) is 0 Å². The Labute approximate surface area is 130 Å². The van der Waals surface area contributed by atoms with Crippen molar-refractivity contribution < 1.29 is 18.9 Å². The molecule has 0 unspecified atom stereocenters. The molecule has 0 bridgehead atoms. The molecule has 0 aliphatic heterocycles. The molecule has 3 aromatic carbocycles. The summed E-state index contributed by atoms with van der Waals surface area (Å²) in [5, 5.41) is 23.2. The maximum atomic E-state index is 9.98. The molecular weight excluding hydrogens is 291 g/mol. The topological polar surface area (TPSA) is 66.7 Å². The molecule has 4 nitrogen and oxygen atoms in total. The molecule has 5 rings (SSSR count). The lowest BCUT2D eigenvalue weighted by Crippen LogP contribution is -2.30. The van der Waals surface area contributed by atoms with Gasteiger partial charge in [0.2, 0.25) is 0 Å². The van der Waals surface area contributed by atoms with Gasteiger partial charge in [0.15, 0.2) is 0 Å². The lowest BCUT2D eigenvalue weighted by molar-refractivity contribution is 0.426. The molecular formula is C18H11BO4. The van der Waals surface area contributed by atoms with Gasteiger partial charge in [0, 0.05) is 27.0 Å². The highest BCUT2D eigenvalue weighted by Crippen LogP contribution is 2.35. The van der Waals surface area contributed by atoms with Crippen LogP contribution >= 0.6 is 0 Å². The van der Waals surface area contributed by atoms with E-state index in [4.69, 9.17) is 8.83 Å². The number of fused-ring (bicyclic) bond motifs is 6. The second-order valence-corrected chi connectivity index (χ2v) is 5.61. The van der Waals surface area contributed by atoms with Crippen LogP contribution in [-0.2, 0) is 0 Å². The highest BCUT2D eigenvalue weighted by atomic mass is 16.4. The van der Waals surface area contributed by atoms with Crippen molar-refractivity contribution in [3.63, 3.8) is 0 Å². The number of rotatable bonds is 1. The monoisotopic (exact) mass is 302 g/mol. The number of furan rings is 2. The van der Waals surface area contributed by atoms with Crippen molar-refractivity contribution in [3.05, 3.63) is 54.6 Å². The average molecular weight is 302 g/mol. The van der Waals surface area contributed by atoms with E-state index in [9.17, 15) is 10.0 Å². The maximum Gasteiger partial charge on any atom is 0.493 e. The molecule has 0 saturated heterocycles. The van der Waals surface area contributed by atoms with Gasteiger partial charge in [-0.25, -0.2) is 0 Å². The summed E-state index contributed by atoms with van der Waals surface area (Å²) in [6.07, 6.45) is 0. The van der Waals surface area contributed by atoms with Gasteiger partial charge in [0.05, 0.1) is 0 Å². The molecule has 5 heteroatoms. The van der Waals surface area contributed by atoms with Crippen LogP contribution in [0.25, 0.3) is 43.9 Å². The van der Waals surface area contributed by atoms with E-state index in [0.717, 1.165) is 16.2 Å². The van der Waals surface area contributed by atoms with E-state index >= 15 is 0 Å². The van der Waals surface area contributed by atoms with Gasteiger partial charge in [0.1, 0.15) is 22.3 Å². The first-order chi connectivity index (χ1) is 11.2. The SMILES string of the molecule is OB(O)c1c2oc3ccccc3c2cc2oc3ccccc3c12. The summed E-state index contributed by atoms with van der Waals surface area (Å²) in [5.74, 6) is 0. The van der Waals surface area contributed by atoms with Gasteiger partial charge in [-0.3, -0.25) is 0 Å². The molecule has 0 atom stereocenters. The van der Waals surface area contributed by atoms with Crippen LogP contribution in [0.15, 0.2) is 63.4 Å². The average Bonchev–Trinajstić information content (AvgIpc) is 3.10. The summed E-state index contributed by atoms with van der Waals surface area (Å²) in [6, 6.07) is 17.1. The summed E-state index contributed by atoms with van der Waals surface area (Å²) in [6.45, 7) is 0. The van der Waals surface area contributed by atoms with Crippen LogP contribution in [0.5, 0.6) is 0 Å². The minimum Gasteiger partial charge on any atom is -0.456 e. The Kier molecular flexibility index (Phi) is 2.43. The molecule has 0 aliphatic rings. The molecule has 0 fully saturated rings. The third kappa shape index (κ3) is 1.63. The Hall–Kier alpha value is -2.76. The van der Waals surface area contributed by atoms with Crippen molar-refractivity contribution in [1.29, 1.82) is 0 Å². The van der Waals surface area contributed by atoms with Gasteiger partial charge in [-0.2, -0.15) is 0 Å². The summed E-state index contributed by atoms with van der Waals surface area (Å²) in [5.41, 5.74) is 2.87. The minimum atomic E-state index is -1.65. The fraction of sp³-hybridized carbons (Fsp3) is 0. The zero-order valence-corrected chi connectivity index (χ0v) is 12.0. The van der Waals surface area contributed by atoms with Crippen LogP contribution in [-0.4, -0.2) is 17.2 Å². The van der Waals surface area contributed by atoms with Crippen molar-refractivity contribution in [1.82, 2.24) is 0 Å². The van der Waals surface area contributed by atoms with Crippen LogP contribution in [0.1, 0.15) is 0 Å². The summed E-state index contributed by atoms with van der Waals surface area (Å²) in [7, 11) is -1.65. The molecule has 0 spiro atoms. The second-order valence-electron chi connectivity index (χ2n) is 5.61. The van der Waals surface area contributed by atoms with E-state index in [-0.39, 0.29) is 0 Å². The third-order valence-corrected chi connectivity index (χ3v) is 4.30. The predicted molar refractivity (Wildman–Crippen MR) is 90.8 cm³/mol. The zero-order chi connectivity index (χ0) is 15.6. The fourth-order valence-electron chi connectivity index (χ4n) is 3.34. The molecule has 0 radical (unpaired) electrons. The highest BCUT2D eigenvalue weighted by molar-refractivity contribution is 6.66. The van der Waals surface area contributed by atoms with Crippen molar-refractivity contribution in [3.8, 4) is 0 Å². The van der Waals surface area contributed by atoms with Crippen LogP contribution < -0.4 is 5.46 Å². The maximum absolute atomic E-state index is 9.98. The Morgan fingerprint density at radius 1 is 0.696 bits per heavy atom. The van der Waals surface area contributed by atoms with E-state index in [1.807, 2.05) is 54.6 Å². The van der Waals surface area contributed by atoms with Crippen LogP contribution in [0.4, 0.5) is 0 Å². The van der Waals surface area contributed by atoms with Crippen LogP contribution in [0, 0.1) is 0 Å². The Balaban J connectivity index is 2.11. The first-order valence-corrected chi connectivity index (χ1v) is 7.35. The number of hydrogen-bond acceptors (Lipinski definition) is 4. The van der Waals surface area contributed by atoms with E-state index in [2.05, 4.69) is 0 Å². The lowest BCUT2D eigenvalue weighted by atomic mass is 9.76. The fourth-order valence-corrected chi connectivity index (χ4v) is 3.34. The molecule has 5 aromatic rings. The molecule has 2 N–H and O–H groups in total. The number of para-hydroxylation sites is 2. The number of benzene rings is 3. The first kappa shape index (κ1) is 12.8. The standard InChI is InChI=1S/C18H11BO4/c20-19(21)17-16-11-6-2-4-8-14(11)22-15(16)9-12-10-5-1-3-7-13(10)23-18(12)17/h1-9,20-21H. The lowest BCUT2D eigenvalue weighted by Gasteiger charge is -2.03. The molecule has 2 aromatic heterocycles. The Morgan fingerprint density at radius 2 is 1.35 bits per heavy atom. The largest absolute Gasteiger partial charge is 0.493 e. The summed E-state index contributed by atoms with van der Waals surface area (Å²) < 4.78 is 11.8. The molecule has 110 valence electrons. The molecule has 0 amide bonds. The van der Waals surface area contributed by atoms with Crippen molar-refractivity contribution in [2.75, 3.05) is 0 Å². The summed E-state index contributed by atoms with van der Waals surface area (Å²) in [4.78, 5) is 0. The third-order valence-electron chi connectivity index (χ3n) is 4.30. The number of hydrogen-bond donors (Lipinski definition) is 2. The predicted octanol–water partition coefficient (Wildman–Crippen LogP) is 3.17. The highest BCUT2D eigenvalue weighted by Gasteiger charge is 2.26. The van der Waals surface area contributed by atoms with Gasteiger partial charge >= 0.3 is 7.12 Å². The second kappa shape index (κ2) is 4.38. The Morgan fingerprint density at radius 3 is 2.09 bits per heavy atom.